The summed E-state index contributed by atoms with van der Waals surface area (Å²) in [6, 6.07) is 8.77. The number of allylic oxidation sites excluding steroid dienone is 1. The highest BCUT2D eigenvalue weighted by Gasteiger charge is 2.31. The maximum Gasteiger partial charge on any atom is 0.246 e. The lowest BCUT2D eigenvalue weighted by atomic mass is 9.84. The van der Waals surface area contributed by atoms with E-state index in [9.17, 15) is 9.59 Å². The summed E-state index contributed by atoms with van der Waals surface area (Å²) >= 11 is 0. The minimum Gasteiger partial charge on any atom is -0.337 e. The van der Waals surface area contributed by atoms with E-state index in [2.05, 4.69) is 17.0 Å². The quantitative estimate of drug-likeness (QED) is 0.588. The fourth-order valence-corrected chi connectivity index (χ4v) is 4.45. The van der Waals surface area contributed by atoms with Gasteiger partial charge < -0.3 is 4.90 Å². The number of nitrogens with zero attached hydrogens (tertiary/aromatic N) is 2. The van der Waals surface area contributed by atoms with Crippen molar-refractivity contribution in [1.29, 1.82) is 0 Å². The Morgan fingerprint density at radius 2 is 1.48 bits per heavy atom. The van der Waals surface area contributed by atoms with Crippen LogP contribution in [0.2, 0.25) is 0 Å². The average Bonchev–Trinajstić information content (AvgIpc) is 3.58. The Morgan fingerprint density at radius 3 is 2.11 bits per heavy atom. The second-order valence-corrected chi connectivity index (χ2v) is 8.25. The first-order chi connectivity index (χ1) is 13.2. The molecule has 1 aliphatic heterocycles. The summed E-state index contributed by atoms with van der Waals surface area (Å²) in [5.41, 5.74) is 2.01. The van der Waals surface area contributed by atoms with Gasteiger partial charge in [0, 0.05) is 43.9 Å². The zero-order valence-electron chi connectivity index (χ0n) is 16.1. The fraction of sp³-hybridized carbons (Fsp3) is 0.565. The second-order valence-electron chi connectivity index (χ2n) is 8.25. The van der Waals surface area contributed by atoms with Crippen molar-refractivity contribution in [3.63, 3.8) is 0 Å². The van der Waals surface area contributed by atoms with Gasteiger partial charge in [0.05, 0.1) is 0 Å². The maximum absolute atomic E-state index is 12.4. The molecule has 1 aromatic rings. The maximum atomic E-state index is 12.4. The van der Waals surface area contributed by atoms with Gasteiger partial charge in [0.25, 0.3) is 0 Å². The molecule has 1 saturated heterocycles. The molecule has 2 saturated carbocycles. The molecule has 3 fully saturated rings. The molecule has 4 nitrogen and oxygen atoms in total. The highest BCUT2D eigenvalue weighted by Crippen LogP contribution is 2.32. The third-order valence-electron chi connectivity index (χ3n) is 6.34. The Labute approximate surface area is 162 Å². The van der Waals surface area contributed by atoms with Crippen molar-refractivity contribution in [3.8, 4) is 0 Å². The first-order valence-corrected chi connectivity index (χ1v) is 10.6. The van der Waals surface area contributed by atoms with Crippen molar-refractivity contribution < 1.29 is 9.59 Å². The Hall–Kier alpha value is -1.94. The third-order valence-corrected chi connectivity index (χ3v) is 6.34. The van der Waals surface area contributed by atoms with Crippen molar-refractivity contribution in [2.75, 3.05) is 26.2 Å². The van der Waals surface area contributed by atoms with Gasteiger partial charge in [-0.1, -0.05) is 43.5 Å². The van der Waals surface area contributed by atoms with E-state index in [1.165, 1.54) is 62.7 Å². The highest BCUT2D eigenvalue weighted by atomic mass is 16.2. The van der Waals surface area contributed by atoms with Crippen LogP contribution in [0.1, 0.15) is 66.8 Å². The Kier molecular flexibility index (Phi) is 5.72. The molecule has 0 atom stereocenters. The molecule has 0 N–H and O–H groups in total. The van der Waals surface area contributed by atoms with Gasteiger partial charge in [0.15, 0.2) is 5.78 Å². The topological polar surface area (TPSA) is 40.6 Å². The number of amides is 1. The van der Waals surface area contributed by atoms with Gasteiger partial charge in [-0.3, -0.25) is 14.5 Å². The number of hydrogen-bond acceptors (Lipinski definition) is 3. The molecule has 4 heteroatoms. The second kappa shape index (κ2) is 8.39. The molecule has 1 amide bonds. The molecule has 27 heavy (non-hydrogen) atoms. The summed E-state index contributed by atoms with van der Waals surface area (Å²) in [7, 11) is 0. The van der Waals surface area contributed by atoms with E-state index in [4.69, 9.17) is 0 Å². The molecule has 0 aromatic heterocycles. The highest BCUT2D eigenvalue weighted by molar-refractivity contribution is 6.07. The van der Waals surface area contributed by atoms with Crippen molar-refractivity contribution in [2.24, 2.45) is 0 Å². The first kappa shape index (κ1) is 18.4. The van der Waals surface area contributed by atoms with E-state index < -0.39 is 0 Å². The normalized spacial score (nSPS) is 22.3. The van der Waals surface area contributed by atoms with Crippen LogP contribution in [0.4, 0.5) is 0 Å². The lowest BCUT2D eigenvalue weighted by Gasteiger charge is -2.34. The van der Waals surface area contributed by atoms with Crippen LogP contribution in [0.25, 0.3) is 0 Å². The van der Waals surface area contributed by atoms with Gasteiger partial charge in [-0.25, -0.2) is 0 Å². The number of carbonyl (C=O) groups is 2. The molecule has 2 aliphatic carbocycles. The minimum atomic E-state index is -0.0878. The van der Waals surface area contributed by atoms with Crippen molar-refractivity contribution in [2.45, 2.75) is 56.9 Å². The monoisotopic (exact) mass is 366 g/mol. The zero-order chi connectivity index (χ0) is 18.6. The lowest BCUT2D eigenvalue weighted by Crippen LogP contribution is -2.48. The summed E-state index contributed by atoms with van der Waals surface area (Å²) in [6.07, 6.45) is 12.0. The van der Waals surface area contributed by atoms with Crippen LogP contribution >= 0.6 is 0 Å². The minimum absolute atomic E-state index is 0.0439. The summed E-state index contributed by atoms with van der Waals surface area (Å²) in [5.74, 6) is 0.516. The van der Waals surface area contributed by atoms with Crippen molar-refractivity contribution >= 4 is 11.7 Å². The summed E-state index contributed by atoms with van der Waals surface area (Å²) < 4.78 is 0. The number of carbonyl (C=O) groups excluding carboxylic acids is 2. The third kappa shape index (κ3) is 4.67. The van der Waals surface area contributed by atoms with Gasteiger partial charge in [-0.15, -0.1) is 0 Å². The summed E-state index contributed by atoms with van der Waals surface area (Å²) in [6.45, 7) is 3.45. The average molecular weight is 367 g/mol. The van der Waals surface area contributed by atoms with Gasteiger partial charge in [0.1, 0.15) is 0 Å². The van der Waals surface area contributed by atoms with Gasteiger partial charge in [-0.05, 0) is 43.2 Å². The van der Waals surface area contributed by atoms with Gasteiger partial charge >= 0.3 is 0 Å². The van der Waals surface area contributed by atoms with Crippen LogP contribution in [0.15, 0.2) is 36.4 Å². The van der Waals surface area contributed by atoms with Gasteiger partial charge in [0.2, 0.25) is 5.91 Å². The number of hydrogen-bond donors (Lipinski definition) is 0. The lowest BCUT2D eigenvalue weighted by molar-refractivity contribution is -0.127. The van der Waals surface area contributed by atoms with Crippen LogP contribution in [0.5, 0.6) is 0 Å². The molecule has 0 bridgehead atoms. The number of piperazine rings is 1. The number of rotatable bonds is 5. The van der Waals surface area contributed by atoms with Crippen LogP contribution in [-0.4, -0.2) is 53.7 Å². The van der Waals surface area contributed by atoms with Crippen molar-refractivity contribution in [1.82, 2.24) is 9.80 Å². The number of benzene rings is 1. The van der Waals surface area contributed by atoms with E-state index in [0.717, 1.165) is 32.2 Å². The molecule has 1 heterocycles. The molecular weight excluding hydrogens is 336 g/mol. The van der Waals surface area contributed by atoms with Crippen LogP contribution in [0, 0.1) is 0 Å². The van der Waals surface area contributed by atoms with E-state index in [-0.39, 0.29) is 11.7 Å². The largest absolute Gasteiger partial charge is 0.337 e. The molecule has 3 aliphatic rings. The van der Waals surface area contributed by atoms with E-state index in [0.29, 0.717) is 11.5 Å². The SMILES string of the molecule is O=C(/C=C/C(=O)N1CCN(C2CC2)CC1)c1ccc(C2CCCCC2)cc1. The Bertz CT molecular complexity index is 692. The first-order valence-electron chi connectivity index (χ1n) is 10.6. The van der Waals surface area contributed by atoms with E-state index in [1.54, 1.807) is 0 Å². The zero-order valence-corrected chi connectivity index (χ0v) is 16.1. The molecule has 4 rings (SSSR count). The van der Waals surface area contributed by atoms with E-state index in [1.807, 2.05) is 17.0 Å². The van der Waals surface area contributed by atoms with Gasteiger partial charge in [-0.2, -0.15) is 0 Å². The van der Waals surface area contributed by atoms with Crippen LogP contribution in [0.3, 0.4) is 0 Å². The Balaban J connectivity index is 1.29. The smallest absolute Gasteiger partial charge is 0.246 e. The standard InChI is InChI=1S/C23H30N2O2/c26-22(20-8-6-19(7-9-20)18-4-2-1-3-5-18)12-13-23(27)25-16-14-24(15-17-25)21-10-11-21/h6-9,12-13,18,21H,1-5,10-11,14-17H2/b13-12+. The molecule has 0 unspecified atom stereocenters. The van der Waals surface area contributed by atoms with E-state index >= 15 is 0 Å². The van der Waals surface area contributed by atoms with Crippen LogP contribution < -0.4 is 0 Å². The Morgan fingerprint density at radius 1 is 0.815 bits per heavy atom. The predicted octanol–water partition coefficient (Wildman–Crippen LogP) is 3.78. The number of ketones is 1. The molecule has 0 radical (unpaired) electrons. The molecule has 1 aromatic carbocycles. The van der Waals surface area contributed by atoms with Crippen molar-refractivity contribution in [3.05, 3.63) is 47.5 Å². The summed E-state index contributed by atoms with van der Waals surface area (Å²) in [4.78, 5) is 29.1. The molecule has 0 spiro atoms. The predicted molar refractivity (Wildman–Crippen MR) is 107 cm³/mol. The fourth-order valence-electron chi connectivity index (χ4n) is 4.45. The summed E-state index contributed by atoms with van der Waals surface area (Å²) in [5, 5.41) is 0. The molecule has 144 valence electrons. The van der Waals surface area contributed by atoms with Crippen LogP contribution in [-0.2, 0) is 4.79 Å². The molecular formula is C23H30N2O2.